The van der Waals surface area contributed by atoms with Gasteiger partial charge in [-0.25, -0.2) is 0 Å². The predicted molar refractivity (Wildman–Crippen MR) is 190 cm³/mol. The molecule has 0 fully saturated rings. The van der Waals surface area contributed by atoms with Gasteiger partial charge in [0.15, 0.2) is 0 Å². The van der Waals surface area contributed by atoms with E-state index in [1.54, 1.807) is 24.3 Å². The maximum absolute atomic E-state index is 9.30. The first-order valence-electron chi connectivity index (χ1n) is 18.6. The molecule has 0 nitrogen and oxygen atoms in total. The fourth-order valence-corrected chi connectivity index (χ4v) is 6.77. The second kappa shape index (κ2) is 9.93. The third kappa shape index (κ3) is 3.78. The van der Waals surface area contributed by atoms with Crippen LogP contribution in [-0.2, 0) is 0 Å². The molecule has 0 aliphatic carbocycles. The van der Waals surface area contributed by atoms with E-state index in [0.717, 1.165) is 43.4 Å². The lowest BCUT2D eigenvalue weighted by atomic mass is 9.84. The molecule has 0 spiro atoms. The zero-order valence-electron chi connectivity index (χ0n) is 31.5. The Morgan fingerprint density at radius 3 is 1.45 bits per heavy atom. The Kier molecular flexibility index (Phi) is 4.08. The molecular formula is C44H28. The molecule has 0 radical (unpaired) electrons. The van der Waals surface area contributed by atoms with Gasteiger partial charge in [-0.1, -0.05) is 158 Å². The molecule has 0 atom stereocenters. The van der Waals surface area contributed by atoms with Gasteiger partial charge in [-0.3, -0.25) is 0 Å². The molecule has 0 unspecified atom stereocenters. The van der Waals surface area contributed by atoms with E-state index >= 15 is 0 Å². The molecule has 9 aromatic rings. The summed E-state index contributed by atoms with van der Waals surface area (Å²) in [5, 5.41) is 7.33. The van der Waals surface area contributed by atoms with Crippen molar-refractivity contribution >= 4 is 53.9 Å². The van der Waals surface area contributed by atoms with Crippen LogP contribution in [0.2, 0.25) is 0 Å². The Hall–Kier alpha value is -5.72. The Morgan fingerprint density at radius 1 is 0.295 bits per heavy atom. The smallest absolute Gasteiger partial charge is 0.0622 e. The van der Waals surface area contributed by atoms with Crippen molar-refractivity contribution in [3.63, 3.8) is 0 Å². The van der Waals surface area contributed by atoms with E-state index in [2.05, 4.69) is 42.5 Å². The minimum atomic E-state index is -0.416. The quantitative estimate of drug-likeness (QED) is 0.148. The summed E-state index contributed by atoms with van der Waals surface area (Å²) in [6, 6.07) is 37.0. The summed E-state index contributed by atoms with van der Waals surface area (Å²) in [7, 11) is 0. The second-order valence-corrected chi connectivity index (χ2v) is 11.1. The first-order chi connectivity index (χ1) is 25.2. The number of rotatable bonds is 3. The summed E-state index contributed by atoms with van der Waals surface area (Å²) in [5.74, 6) is 0. The SMILES string of the molecule is [2H]c1c([2H])c([2H])c2c(-c3cccc(-c4c5ccccc5cc5c4ccc4ccccc45)c3)c3c([2H])c([2H])c([2H])c([2H])c3c(-c3ccccc3)c2c1[2H]. The fraction of sp³-hybridized carbons (Fsp3) is 0. The molecule has 0 aliphatic rings. The zero-order valence-corrected chi connectivity index (χ0v) is 23.5. The first kappa shape index (κ1) is 18.1. The molecule has 0 bridgehead atoms. The van der Waals surface area contributed by atoms with E-state index in [1.165, 1.54) is 0 Å². The molecule has 9 aromatic carbocycles. The molecule has 0 heteroatoms. The average molecular weight is 565 g/mol. The highest BCUT2D eigenvalue weighted by Crippen LogP contribution is 2.45. The van der Waals surface area contributed by atoms with Crippen LogP contribution in [0.1, 0.15) is 11.0 Å². The van der Waals surface area contributed by atoms with Crippen molar-refractivity contribution in [2.45, 2.75) is 0 Å². The third-order valence-electron chi connectivity index (χ3n) is 8.65. The van der Waals surface area contributed by atoms with E-state index in [9.17, 15) is 5.48 Å². The van der Waals surface area contributed by atoms with Crippen LogP contribution in [0.4, 0.5) is 0 Å². The summed E-state index contributed by atoms with van der Waals surface area (Å²) in [5.41, 5.74) is 3.70. The van der Waals surface area contributed by atoms with E-state index in [0.29, 0.717) is 22.3 Å². The van der Waals surface area contributed by atoms with Crippen LogP contribution in [0.3, 0.4) is 0 Å². The van der Waals surface area contributed by atoms with Gasteiger partial charge in [-0.05, 0) is 99.4 Å². The van der Waals surface area contributed by atoms with Crippen molar-refractivity contribution in [2.75, 3.05) is 0 Å². The monoisotopic (exact) mass is 564 g/mol. The molecule has 0 heterocycles. The van der Waals surface area contributed by atoms with Gasteiger partial charge >= 0.3 is 0 Å². The van der Waals surface area contributed by atoms with E-state index in [4.69, 9.17) is 5.48 Å². The Bertz CT molecular complexity index is 2910. The summed E-state index contributed by atoms with van der Waals surface area (Å²) >= 11 is 0. The maximum Gasteiger partial charge on any atom is 0.0629 e. The van der Waals surface area contributed by atoms with Crippen molar-refractivity contribution < 1.29 is 11.0 Å². The minimum Gasteiger partial charge on any atom is -0.0622 e. The second-order valence-electron chi connectivity index (χ2n) is 11.1. The van der Waals surface area contributed by atoms with Crippen LogP contribution in [-0.4, -0.2) is 0 Å². The lowest BCUT2D eigenvalue weighted by Gasteiger charge is -2.19. The van der Waals surface area contributed by atoms with Gasteiger partial charge in [0.2, 0.25) is 0 Å². The standard InChI is InChI=1S/C44H28/c1-2-14-30(15-3-1)42-36-21-8-10-23-38(36)44(39-24-11-9-22-37(39)42)33-18-12-17-32(27-33)43-35-20-7-5-16-31(35)28-41-34-19-6-4-13-29(34)25-26-40(41)43/h1-28H/i8D,9D,10D,11D,21D,22D,23D,24D. The molecule has 0 amide bonds. The Labute approximate surface area is 267 Å². The van der Waals surface area contributed by atoms with Gasteiger partial charge in [0.05, 0.1) is 11.0 Å². The summed E-state index contributed by atoms with van der Waals surface area (Å²) < 4.78 is 71.9. The van der Waals surface area contributed by atoms with Gasteiger partial charge < -0.3 is 0 Å². The number of fused-ring (bicyclic) bond motifs is 6. The molecule has 204 valence electrons. The lowest BCUT2D eigenvalue weighted by Crippen LogP contribution is -1.91. The number of benzene rings is 9. The van der Waals surface area contributed by atoms with Gasteiger partial charge in [0.25, 0.3) is 0 Å². The normalized spacial score (nSPS) is 14.2. The van der Waals surface area contributed by atoms with Crippen LogP contribution in [0.5, 0.6) is 0 Å². The van der Waals surface area contributed by atoms with Crippen molar-refractivity contribution in [1.29, 1.82) is 0 Å². The summed E-state index contributed by atoms with van der Waals surface area (Å²) in [4.78, 5) is 0. The molecular weight excluding hydrogens is 528 g/mol. The number of hydrogen-bond acceptors (Lipinski definition) is 0. The van der Waals surface area contributed by atoms with E-state index in [-0.39, 0.29) is 45.7 Å². The highest BCUT2D eigenvalue weighted by molar-refractivity contribution is 6.23. The van der Waals surface area contributed by atoms with Gasteiger partial charge in [-0.2, -0.15) is 0 Å². The molecule has 0 saturated heterocycles. The predicted octanol–water partition coefficient (Wildman–Crippen LogP) is 12.5. The highest BCUT2D eigenvalue weighted by atomic mass is 14.2. The van der Waals surface area contributed by atoms with Crippen LogP contribution >= 0.6 is 0 Å². The molecule has 0 saturated carbocycles. The molecule has 44 heavy (non-hydrogen) atoms. The zero-order chi connectivity index (χ0) is 36.0. The Morgan fingerprint density at radius 2 is 0.795 bits per heavy atom. The van der Waals surface area contributed by atoms with Gasteiger partial charge in [0, 0.05) is 0 Å². The number of hydrogen-bond donors (Lipinski definition) is 0. The van der Waals surface area contributed by atoms with Crippen LogP contribution in [0, 0.1) is 0 Å². The van der Waals surface area contributed by atoms with Gasteiger partial charge in [0.1, 0.15) is 0 Å². The van der Waals surface area contributed by atoms with Crippen LogP contribution < -0.4 is 0 Å². The maximum atomic E-state index is 9.30. The summed E-state index contributed by atoms with van der Waals surface area (Å²) in [6.45, 7) is 0. The Balaban J connectivity index is 1.48. The van der Waals surface area contributed by atoms with E-state index in [1.807, 2.05) is 54.6 Å². The van der Waals surface area contributed by atoms with Crippen LogP contribution in [0.15, 0.2) is 170 Å². The van der Waals surface area contributed by atoms with Crippen LogP contribution in [0.25, 0.3) is 87.2 Å². The third-order valence-corrected chi connectivity index (χ3v) is 8.65. The molecule has 0 aromatic heterocycles. The van der Waals surface area contributed by atoms with Crippen molar-refractivity contribution in [3.05, 3.63) is 170 Å². The molecule has 0 N–H and O–H groups in total. The highest BCUT2D eigenvalue weighted by Gasteiger charge is 2.18. The topological polar surface area (TPSA) is 0 Å². The van der Waals surface area contributed by atoms with Gasteiger partial charge in [-0.15, -0.1) is 0 Å². The lowest BCUT2D eigenvalue weighted by molar-refractivity contribution is 1.64. The first-order valence-corrected chi connectivity index (χ1v) is 14.6. The summed E-state index contributed by atoms with van der Waals surface area (Å²) in [6.07, 6.45) is 0. The van der Waals surface area contributed by atoms with E-state index < -0.39 is 24.2 Å². The average Bonchev–Trinajstić information content (AvgIpc) is 3.18. The fourth-order valence-electron chi connectivity index (χ4n) is 6.77. The van der Waals surface area contributed by atoms with Crippen molar-refractivity contribution in [1.82, 2.24) is 0 Å². The largest absolute Gasteiger partial charge is 0.0629 e. The molecule has 9 rings (SSSR count). The minimum absolute atomic E-state index is 0.202. The van der Waals surface area contributed by atoms with Crippen molar-refractivity contribution in [2.24, 2.45) is 0 Å². The van der Waals surface area contributed by atoms with Crippen molar-refractivity contribution in [3.8, 4) is 33.4 Å². The molecule has 0 aliphatic heterocycles.